The number of hydrogen-bond acceptors (Lipinski definition) is 4. The molecule has 0 aliphatic carbocycles. The highest BCUT2D eigenvalue weighted by atomic mass is 16.5. The summed E-state index contributed by atoms with van der Waals surface area (Å²) in [7, 11) is 3.56. The van der Waals surface area contributed by atoms with Crippen LogP contribution in [0.4, 0.5) is 0 Å². The van der Waals surface area contributed by atoms with Crippen LogP contribution in [0.25, 0.3) is 0 Å². The second kappa shape index (κ2) is 6.50. The zero-order chi connectivity index (χ0) is 13.8. The van der Waals surface area contributed by atoms with E-state index in [1.807, 2.05) is 13.8 Å². The standard InChI is InChI=1S/C13H26N2O3/c1-13(2)10-15(8-11(9-16)18-13)7-5-6-12(17)14(3)4/h11,16H,5-10H2,1-4H3. The summed E-state index contributed by atoms with van der Waals surface area (Å²) >= 11 is 0. The lowest BCUT2D eigenvalue weighted by Crippen LogP contribution is -2.53. The second-order valence-corrected chi connectivity index (χ2v) is 5.81. The SMILES string of the molecule is CN(C)C(=O)CCCN1CC(CO)OC(C)(C)C1. The molecule has 1 saturated heterocycles. The molecule has 5 heteroatoms. The zero-order valence-electron chi connectivity index (χ0n) is 12.0. The lowest BCUT2D eigenvalue weighted by molar-refractivity contribution is -0.149. The molecule has 1 aliphatic rings. The predicted molar refractivity (Wildman–Crippen MR) is 70.4 cm³/mol. The molecule has 1 heterocycles. The van der Waals surface area contributed by atoms with Crippen LogP contribution < -0.4 is 0 Å². The number of carbonyl (C=O) groups is 1. The quantitative estimate of drug-likeness (QED) is 0.772. The highest BCUT2D eigenvalue weighted by Crippen LogP contribution is 2.21. The molecule has 0 aromatic carbocycles. The van der Waals surface area contributed by atoms with E-state index >= 15 is 0 Å². The number of amides is 1. The average Bonchev–Trinajstić information content (AvgIpc) is 2.26. The third-order valence-electron chi connectivity index (χ3n) is 3.12. The summed E-state index contributed by atoms with van der Waals surface area (Å²) < 4.78 is 5.75. The van der Waals surface area contributed by atoms with Gasteiger partial charge in [0, 0.05) is 33.6 Å². The molecule has 1 amide bonds. The summed E-state index contributed by atoms with van der Waals surface area (Å²) in [6.45, 7) is 6.59. The Bertz CT molecular complexity index is 279. The number of aliphatic hydroxyl groups is 1. The molecule has 1 unspecified atom stereocenters. The van der Waals surface area contributed by atoms with Gasteiger partial charge in [0.25, 0.3) is 0 Å². The third kappa shape index (κ3) is 4.92. The highest BCUT2D eigenvalue weighted by Gasteiger charge is 2.32. The summed E-state index contributed by atoms with van der Waals surface area (Å²) in [6, 6.07) is 0. The van der Waals surface area contributed by atoms with Crippen LogP contribution in [0.2, 0.25) is 0 Å². The van der Waals surface area contributed by atoms with E-state index < -0.39 is 0 Å². The first-order chi connectivity index (χ1) is 8.34. The Morgan fingerprint density at radius 2 is 2.17 bits per heavy atom. The molecule has 1 fully saturated rings. The molecule has 1 N–H and O–H groups in total. The Labute approximate surface area is 110 Å². The van der Waals surface area contributed by atoms with Crippen LogP contribution in [0, 0.1) is 0 Å². The van der Waals surface area contributed by atoms with Crippen molar-refractivity contribution in [3.8, 4) is 0 Å². The van der Waals surface area contributed by atoms with Crippen molar-refractivity contribution in [3.05, 3.63) is 0 Å². The molecule has 5 nitrogen and oxygen atoms in total. The molecule has 0 spiro atoms. The lowest BCUT2D eigenvalue weighted by Gasteiger charge is -2.42. The van der Waals surface area contributed by atoms with E-state index in [0.29, 0.717) is 6.42 Å². The van der Waals surface area contributed by atoms with Crippen molar-refractivity contribution in [1.29, 1.82) is 0 Å². The van der Waals surface area contributed by atoms with Crippen LogP contribution in [-0.2, 0) is 9.53 Å². The molecular formula is C13H26N2O3. The number of carbonyl (C=O) groups excluding carboxylic acids is 1. The summed E-state index contributed by atoms with van der Waals surface area (Å²) in [6.07, 6.45) is 1.32. The van der Waals surface area contributed by atoms with Crippen molar-refractivity contribution in [3.63, 3.8) is 0 Å². The lowest BCUT2D eigenvalue weighted by atomic mass is 10.0. The molecule has 0 radical (unpaired) electrons. The number of morpholine rings is 1. The van der Waals surface area contributed by atoms with Gasteiger partial charge in [-0.05, 0) is 26.8 Å². The van der Waals surface area contributed by atoms with Gasteiger partial charge in [0.1, 0.15) is 0 Å². The molecule has 1 aliphatic heterocycles. The van der Waals surface area contributed by atoms with E-state index in [2.05, 4.69) is 4.90 Å². The normalized spacial score (nSPS) is 23.9. The van der Waals surface area contributed by atoms with Gasteiger partial charge in [0.05, 0.1) is 18.3 Å². The van der Waals surface area contributed by atoms with Gasteiger partial charge >= 0.3 is 0 Å². The van der Waals surface area contributed by atoms with E-state index in [1.165, 1.54) is 0 Å². The fourth-order valence-corrected chi connectivity index (χ4v) is 2.36. The molecule has 0 saturated carbocycles. The van der Waals surface area contributed by atoms with Crippen LogP contribution in [0.1, 0.15) is 26.7 Å². The monoisotopic (exact) mass is 258 g/mol. The van der Waals surface area contributed by atoms with Crippen molar-refractivity contribution < 1.29 is 14.6 Å². The zero-order valence-corrected chi connectivity index (χ0v) is 12.0. The van der Waals surface area contributed by atoms with Crippen LogP contribution in [0.15, 0.2) is 0 Å². The molecule has 0 aromatic heterocycles. The van der Waals surface area contributed by atoms with Crippen LogP contribution in [0.5, 0.6) is 0 Å². The number of ether oxygens (including phenoxy) is 1. The first-order valence-electron chi connectivity index (χ1n) is 6.55. The molecule has 18 heavy (non-hydrogen) atoms. The van der Waals surface area contributed by atoms with Crippen molar-refractivity contribution in [2.24, 2.45) is 0 Å². The van der Waals surface area contributed by atoms with E-state index in [9.17, 15) is 9.90 Å². The smallest absolute Gasteiger partial charge is 0.222 e. The van der Waals surface area contributed by atoms with Crippen molar-refractivity contribution >= 4 is 5.91 Å². The van der Waals surface area contributed by atoms with E-state index in [-0.39, 0.29) is 24.2 Å². The number of aliphatic hydroxyl groups excluding tert-OH is 1. The van der Waals surface area contributed by atoms with Gasteiger partial charge in [0.2, 0.25) is 5.91 Å². The van der Waals surface area contributed by atoms with Gasteiger partial charge in [-0.1, -0.05) is 0 Å². The fraction of sp³-hybridized carbons (Fsp3) is 0.923. The number of hydrogen-bond donors (Lipinski definition) is 1. The number of nitrogens with zero attached hydrogens (tertiary/aromatic N) is 2. The van der Waals surface area contributed by atoms with Gasteiger partial charge < -0.3 is 14.7 Å². The van der Waals surface area contributed by atoms with Gasteiger partial charge in [-0.25, -0.2) is 0 Å². The van der Waals surface area contributed by atoms with E-state index in [4.69, 9.17) is 4.74 Å². The van der Waals surface area contributed by atoms with Gasteiger partial charge in [-0.3, -0.25) is 9.69 Å². The average molecular weight is 258 g/mol. The molecule has 106 valence electrons. The molecule has 0 bridgehead atoms. The summed E-state index contributed by atoms with van der Waals surface area (Å²) in [5, 5.41) is 9.22. The molecule has 1 rings (SSSR count). The first-order valence-corrected chi connectivity index (χ1v) is 6.55. The largest absolute Gasteiger partial charge is 0.394 e. The van der Waals surface area contributed by atoms with Crippen molar-refractivity contribution in [2.45, 2.75) is 38.4 Å². The Balaban J connectivity index is 2.35. The maximum Gasteiger partial charge on any atom is 0.222 e. The number of rotatable bonds is 5. The summed E-state index contributed by atoms with van der Waals surface area (Å²) in [4.78, 5) is 15.4. The maximum atomic E-state index is 11.5. The molecular weight excluding hydrogens is 232 g/mol. The van der Waals surface area contributed by atoms with E-state index in [0.717, 1.165) is 26.1 Å². The minimum absolute atomic E-state index is 0.0521. The Morgan fingerprint density at radius 1 is 1.50 bits per heavy atom. The van der Waals surface area contributed by atoms with Gasteiger partial charge in [0.15, 0.2) is 0 Å². The van der Waals surface area contributed by atoms with Crippen molar-refractivity contribution in [1.82, 2.24) is 9.80 Å². The highest BCUT2D eigenvalue weighted by molar-refractivity contribution is 5.75. The second-order valence-electron chi connectivity index (χ2n) is 5.81. The Morgan fingerprint density at radius 3 is 2.72 bits per heavy atom. The minimum atomic E-state index is -0.225. The van der Waals surface area contributed by atoms with Crippen molar-refractivity contribution in [2.75, 3.05) is 40.3 Å². The summed E-state index contributed by atoms with van der Waals surface area (Å²) in [5.74, 6) is 0.168. The molecule has 1 atom stereocenters. The Kier molecular flexibility index (Phi) is 5.56. The van der Waals surface area contributed by atoms with Gasteiger partial charge in [-0.15, -0.1) is 0 Å². The molecule has 0 aromatic rings. The first kappa shape index (κ1) is 15.4. The Hall–Kier alpha value is -0.650. The van der Waals surface area contributed by atoms with Crippen LogP contribution in [-0.4, -0.2) is 72.9 Å². The third-order valence-corrected chi connectivity index (χ3v) is 3.12. The van der Waals surface area contributed by atoms with E-state index in [1.54, 1.807) is 19.0 Å². The minimum Gasteiger partial charge on any atom is -0.394 e. The van der Waals surface area contributed by atoms with Gasteiger partial charge in [-0.2, -0.15) is 0 Å². The predicted octanol–water partition coefficient (Wildman–Crippen LogP) is 0.327. The maximum absolute atomic E-state index is 11.5. The summed E-state index contributed by atoms with van der Waals surface area (Å²) in [5.41, 5.74) is -0.225. The topological polar surface area (TPSA) is 53.0 Å². The van der Waals surface area contributed by atoms with Crippen LogP contribution >= 0.6 is 0 Å². The van der Waals surface area contributed by atoms with Crippen LogP contribution in [0.3, 0.4) is 0 Å². The fourth-order valence-electron chi connectivity index (χ4n) is 2.36.